The Morgan fingerprint density at radius 2 is 1.77 bits per heavy atom. The minimum absolute atomic E-state index is 0.0947. The fourth-order valence-corrected chi connectivity index (χ4v) is 4.33. The Hall–Kier alpha value is -2.51. The van der Waals surface area contributed by atoms with Gasteiger partial charge in [-0.25, -0.2) is 0 Å². The highest BCUT2D eigenvalue weighted by Gasteiger charge is 2.20. The van der Waals surface area contributed by atoms with Crippen molar-refractivity contribution in [3.8, 4) is 0 Å². The second kappa shape index (κ2) is 10.00. The van der Waals surface area contributed by atoms with Crippen LogP contribution < -0.4 is 5.32 Å². The van der Waals surface area contributed by atoms with Crippen molar-refractivity contribution in [2.45, 2.75) is 17.7 Å². The van der Waals surface area contributed by atoms with Crippen LogP contribution >= 0.6 is 23.4 Å². The highest BCUT2D eigenvalue weighted by Crippen LogP contribution is 2.26. The molecule has 3 rings (SSSR count). The molecule has 6 nitrogen and oxygen atoms in total. The molecule has 8 heteroatoms. The van der Waals surface area contributed by atoms with Crippen LogP contribution in [0.1, 0.15) is 33.6 Å². The van der Waals surface area contributed by atoms with Crippen molar-refractivity contribution in [2.75, 3.05) is 38.3 Å². The van der Waals surface area contributed by atoms with Crippen LogP contribution in [-0.4, -0.2) is 60.5 Å². The van der Waals surface area contributed by atoms with E-state index in [1.807, 2.05) is 17.0 Å². The van der Waals surface area contributed by atoms with E-state index in [1.54, 1.807) is 44.4 Å². The molecule has 2 aromatic carbocycles. The van der Waals surface area contributed by atoms with Crippen LogP contribution in [0.25, 0.3) is 0 Å². The number of rotatable bonds is 6. The molecule has 1 N–H and O–H groups in total. The molecule has 0 aliphatic carbocycles. The number of halogens is 1. The van der Waals surface area contributed by atoms with Crippen LogP contribution in [0.3, 0.4) is 0 Å². The minimum Gasteiger partial charge on any atom is -0.345 e. The molecule has 30 heavy (non-hydrogen) atoms. The van der Waals surface area contributed by atoms with E-state index < -0.39 is 0 Å². The number of nitrogens with zero attached hydrogens (tertiary/aromatic N) is 2. The molecule has 0 spiro atoms. The predicted octanol–water partition coefficient (Wildman–Crippen LogP) is 4.01. The number of carbonyl (C=O) groups is 3. The van der Waals surface area contributed by atoms with Crippen LogP contribution in [0.2, 0.25) is 5.02 Å². The maximum atomic E-state index is 12.9. The van der Waals surface area contributed by atoms with Gasteiger partial charge in [0.05, 0.1) is 21.9 Å². The number of likely N-dealkylation sites (tertiary alicyclic amines) is 1. The molecule has 0 aromatic heterocycles. The molecule has 1 fully saturated rings. The first-order chi connectivity index (χ1) is 14.4. The van der Waals surface area contributed by atoms with Crippen LogP contribution in [0, 0.1) is 0 Å². The molecule has 1 aliphatic heterocycles. The molecule has 0 saturated carbocycles. The van der Waals surface area contributed by atoms with Crippen molar-refractivity contribution in [1.29, 1.82) is 0 Å². The molecule has 1 saturated heterocycles. The summed E-state index contributed by atoms with van der Waals surface area (Å²) < 4.78 is 0. The molecule has 1 heterocycles. The fraction of sp³-hybridized carbons (Fsp3) is 0.318. The zero-order chi connectivity index (χ0) is 21.7. The zero-order valence-corrected chi connectivity index (χ0v) is 18.6. The van der Waals surface area contributed by atoms with E-state index in [9.17, 15) is 14.4 Å². The molecule has 0 bridgehead atoms. The van der Waals surface area contributed by atoms with Gasteiger partial charge < -0.3 is 15.1 Å². The smallest absolute Gasteiger partial charge is 0.256 e. The number of amides is 3. The average molecular weight is 446 g/mol. The van der Waals surface area contributed by atoms with Crippen molar-refractivity contribution >= 4 is 46.8 Å². The summed E-state index contributed by atoms with van der Waals surface area (Å²) in [5.41, 5.74) is 1.27. The van der Waals surface area contributed by atoms with Gasteiger partial charge in [-0.1, -0.05) is 23.7 Å². The zero-order valence-electron chi connectivity index (χ0n) is 17.0. The summed E-state index contributed by atoms with van der Waals surface area (Å²) in [5.74, 6) is -0.158. The van der Waals surface area contributed by atoms with Gasteiger partial charge >= 0.3 is 0 Å². The molecule has 3 amide bonds. The van der Waals surface area contributed by atoms with Crippen molar-refractivity contribution in [3.63, 3.8) is 0 Å². The number of thioether (sulfide) groups is 1. The van der Waals surface area contributed by atoms with Crippen molar-refractivity contribution in [2.24, 2.45) is 0 Å². The van der Waals surface area contributed by atoms with E-state index in [4.69, 9.17) is 11.6 Å². The summed E-state index contributed by atoms with van der Waals surface area (Å²) in [6, 6.07) is 12.0. The van der Waals surface area contributed by atoms with Gasteiger partial charge in [0.2, 0.25) is 5.91 Å². The van der Waals surface area contributed by atoms with E-state index in [0.717, 1.165) is 30.8 Å². The first kappa shape index (κ1) is 22.2. The molecule has 0 unspecified atom stereocenters. The Balaban J connectivity index is 1.72. The first-order valence-electron chi connectivity index (χ1n) is 9.69. The first-order valence-corrected chi connectivity index (χ1v) is 11.1. The summed E-state index contributed by atoms with van der Waals surface area (Å²) in [4.78, 5) is 41.5. The summed E-state index contributed by atoms with van der Waals surface area (Å²) >= 11 is 7.50. The van der Waals surface area contributed by atoms with E-state index >= 15 is 0 Å². The topological polar surface area (TPSA) is 69.7 Å². The maximum Gasteiger partial charge on any atom is 0.256 e. The normalized spacial score (nSPS) is 13.2. The Morgan fingerprint density at radius 1 is 1.07 bits per heavy atom. The largest absolute Gasteiger partial charge is 0.345 e. The summed E-state index contributed by atoms with van der Waals surface area (Å²) in [5, 5.41) is 3.15. The van der Waals surface area contributed by atoms with Crippen LogP contribution in [0.15, 0.2) is 47.4 Å². The summed E-state index contributed by atoms with van der Waals surface area (Å²) in [6.45, 7) is 1.62. The second-order valence-electron chi connectivity index (χ2n) is 7.22. The number of benzene rings is 2. The van der Waals surface area contributed by atoms with E-state index in [2.05, 4.69) is 5.32 Å². The minimum atomic E-state index is -0.308. The van der Waals surface area contributed by atoms with E-state index in [-0.39, 0.29) is 17.7 Å². The van der Waals surface area contributed by atoms with Crippen molar-refractivity contribution in [3.05, 3.63) is 58.6 Å². The molecule has 0 atom stereocenters. The number of carbonyl (C=O) groups excluding carboxylic acids is 3. The lowest BCUT2D eigenvalue weighted by atomic mass is 10.1. The SMILES string of the molecule is CN(C)C(=O)c1cc(NC(=O)c2ccccc2SCC(=O)N2CCCC2)ccc1Cl. The quantitative estimate of drug-likeness (QED) is 0.682. The van der Waals surface area contributed by atoms with Crippen molar-refractivity contribution < 1.29 is 14.4 Å². The van der Waals surface area contributed by atoms with Crippen LogP contribution in [0.4, 0.5) is 5.69 Å². The number of hydrogen-bond donors (Lipinski definition) is 1. The lowest BCUT2D eigenvalue weighted by Crippen LogP contribution is -2.29. The molecule has 1 aliphatic rings. The average Bonchev–Trinajstić information content (AvgIpc) is 3.28. The maximum absolute atomic E-state index is 12.9. The van der Waals surface area contributed by atoms with Gasteiger partial charge in [-0.15, -0.1) is 11.8 Å². The van der Waals surface area contributed by atoms with Crippen molar-refractivity contribution in [1.82, 2.24) is 9.80 Å². The molecular formula is C22H24ClN3O3S. The van der Waals surface area contributed by atoms with E-state index in [0.29, 0.717) is 27.6 Å². The Labute approximate surface area is 185 Å². The van der Waals surface area contributed by atoms with E-state index in [1.165, 1.54) is 16.7 Å². The van der Waals surface area contributed by atoms with Gasteiger partial charge in [-0.2, -0.15) is 0 Å². The third-order valence-corrected chi connectivity index (χ3v) is 6.19. The molecular weight excluding hydrogens is 422 g/mol. The standard InChI is InChI=1S/C22H24ClN3O3S/c1-25(2)22(29)17-13-15(9-10-18(17)23)24-21(28)16-7-3-4-8-19(16)30-14-20(27)26-11-5-6-12-26/h3-4,7-10,13H,5-6,11-12,14H2,1-2H3,(H,24,28). The van der Waals surface area contributed by atoms with Gasteiger partial charge in [0.25, 0.3) is 11.8 Å². The molecule has 2 aromatic rings. The lowest BCUT2D eigenvalue weighted by molar-refractivity contribution is -0.127. The number of hydrogen-bond acceptors (Lipinski definition) is 4. The molecule has 0 radical (unpaired) electrons. The lowest BCUT2D eigenvalue weighted by Gasteiger charge is -2.16. The second-order valence-corrected chi connectivity index (χ2v) is 8.65. The number of anilines is 1. The van der Waals surface area contributed by atoms with Crippen LogP contribution in [0.5, 0.6) is 0 Å². The summed E-state index contributed by atoms with van der Waals surface area (Å²) in [6.07, 6.45) is 2.10. The third-order valence-electron chi connectivity index (χ3n) is 4.80. The number of nitrogens with one attached hydrogen (secondary N) is 1. The van der Waals surface area contributed by atoms with Crippen LogP contribution in [-0.2, 0) is 4.79 Å². The predicted molar refractivity (Wildman–Crippen MR) is 120 cm³/mol. The third kappa shape index (κ3) is 5.34. The monoisotopic (exact) mass is 445 g/mol. The Kier molecular flexibility index (Phi) is 7.39. The highest BCUT2D eigenvalue weighted by molar-refractivity contribution is 8.00. The highest BCUT2D eigenvalue weighted by atomic mass is 35.5. The van der Waals surface area contributed by atoms with Gasteiger partial charge in [-0.05, 0) is 43.2 Å². The summed E-state index contributed by atoms with van der Waals surface area (Å²) in [7, 11) is 3.28. The van der Waals surface area contributed by atoms with Gasteiger partial charge in [0.1, 0.15) is 0 Å². The fourth-order valence-electron chi connectivity index (χ4n) is 3.18. The Bertz CT molecular complexity index is 958. The van der Waals surface area contributed by atoms with Gasteiger partial charge in [-0.3, -0.25) is 14.4 Å². The molecule has 158 valence electrons. The van der Waals surface area contributed by atoms with Gasteiger partial charge in [0, 0.05) is 37.8 Å². The Morgan fingerprint density at radius 3 is 2.47 bits per heavy atom. The van der Waals surface area contributed by atoms with Gasteiger partial charge in [0.15, 0.2) is 0 Å².